The van der Waals surface area contributed by atoms with Gasteiger partial charge in [-0.15, -0.1) is 0 Å². The molecule has 0 aliphatic carbocycles. The number of carbonyl (C=O) groups excluding carboxylic acids is 1. The molecule has 5 heteroatoms. The molecule has 0 atom stereocenters. The fourth-order valence-electron chi connectivity index (χ4n) is 2.64. The molecule has 3 aromatic rings. The van der Waals surface area contributed by atoms with Gasteiger partial charge in [-0.05, 0) is 36.3 Å². The first-order valence-electron chi connectivity index (χ1n) is 8.64. The highest BCUT2D eigenvalue weighted by Gasteiger charge is 2.10. The van der Waals surface area contributed by atoms with Crippen molar-refractivity contribution in [3.63, 3.8) is 0 Å². The third-order valence-corrected chi connectivity index (χ3v) is 4.35. The van der Waals surface area contributed by atoms with Gasteiger partial charge >= 0.3 is 0 Å². The molecule has 0 amide bonds. The van der Waals surface area contributed by atoms with Crippen LogP contribution in [0.2, 0.25) is 0 Å². The van der Waals surface area contributed by atoms with E-state index in [0.29, 0.717) is 23.7 Å². The molecule has 0 unspecified atom stereocenters. The summed E-state index contributed by atoms with van der Waals surface area (Å²) in [7, 11) is 3.41. The van der Waals surface area contributed by atoms with Crippen LogP contribution in [-0.4, -0.2) is 22.7 Å². The Labute approximate surface area is 158 Å². The van der Waals surface area contributed by atoms with Crippen LogP contribution in [0, 0.1) is 6.92 Å². The highest BCUT2D eigenvalue weighted by atomic mass is 16.5. The molecular weight excluding hydrogens is 340 g/mol. The van der Waals surface area contributed by atoms with Crippen molar-refractivity contribution in [2.75, 3.05) is 7.11 Å². The van der Waals surface area contributed by atoms with Crippen molar-refractivity contribution in [1.82, 2.24) is 9.78 Å². The van der Waals surface area contributed by atoms with Gasteiger partial charge in [0.25, 0.3) is 0 Å². The summed E-state index contributed by atoms with van der Waals surface area (Å²) in [6.07, 6.45) is 4.89. The number of ketones is 1. The van der Waals surface area contributed by atoms with Gasteiger partial charge in [-0.2, -0.15) is 5.10 Å². The number of rotatable bonds is 7. The predicted octanol–water partition coefficient (Wildman–Crippen LogP) is 4.21. The van der Waals surface area contributed by atoms with E-state index in [1.54, 1.807) is 30.1 Å². The highest BCUT2D eigenvalue weighted by molar-refractivity contribution is 6.07. The van der Waals surface area contributed by atoms with Gasteiger partial charge in [-0.25, -0.2) is 0 Å². The van der Waals surface area contributed by atoms with Crippen LogP contribution < -0.4 is 9.47 Å². The van der Waals surface area contributed by atoms with E-state index in [4.69, 9.17) is 9.47 Å². The van der Waals surface area contributed by atoms with Gasteiger partial charge < -0.3 is 9.47 Å². The van der Waals surface area contributed by atoms with Crippen LogP contribution in [0.25, 0.3) is 6.08 Å². The number of carbonyl (C=O) groups is 1. The summed E-state index contributed by atoms with van der Waals surface area (Å²) in [4.78, 5) is 12.3. The lowest BCUT2D eigenvalue weighted by atomic mass is 10.1. The van der Waals surface area contributed by atoms with Crippen LogP contribution >= 0.6 is 0 Å². The molecule has 0 saturated heterocycles. The molecule has 0 spiro atoms. The standard InChI is InChI=1S/C22H22N2O3/c1-16-19(14-23-24(16)2)20(25)11-9-17-10-12-21(22(13-17)26-3)27-15-18-7-5-4-6-8-18/h4-14H,15H2,1-3H3/b11-9+. The van der Waals surface area contributed by atoms with E-state index in [1.165, 1.54) is 0 Å². The number of ether oxygens (including phenoxy) is 2. The summed E-state index contributed by atoms with van der Waals surface area (Å²) in [6, 6.07) is 15.5. The number of nitrogens with zero attached hydrogens (tertiary/aromatic N) is 2. The smallest absolute Gasteiger partial charge is 0.189 e. The molecular formula is C22H22N2O3. The SMILES string of the molecule is COc1cc(/C=C/C(=O)c2cnn(C)c2C)ccc1OCc1ccccc1. The minimum Gasteiger partial charge on any atom is -0.493 e. The largest absolute Gasteiger partial charge is 0.493 e. The summed E-state index contributed by atoms with van der Waals surface area (Å²) >= 11 is 0. The Morgan fingerprint density at radius 3 is 2.59 bits per heavy atom. The van der Waals surface area contributed by atoms with E-state index in [2.05, 4.69) is 5.10 Å². The number of hydrogen-bond donors (Lipinski definition) is 0. The molecule has 0 radical (unpaired) electrons. The van der Waals surface area contributed by atoms with Gasteiger partial charge in [0.1, 0.15) is 6.61 Å². The first kappa shape index (κ1) is 18.5. The number of aryl methyl sites for hydroxylation is 1. The second kappa shape index (κ2) is 8.36. The zero-order valence-electron chi connectivity index (χ0n) is 15.7. The summed E-state index contributed by atoms with van der Waals surface area (Å²) in [6.45, 7) is 2.33. The van der Waals surface area contributed by atoms with Crippen molar-refractivity contribution in [3.05, 3.63) is 83.2 Å². The fourth-order valence-corrected chi connectivity index (χ4v) is 2.64. The summed E-state index contributed by atoms with van der Waals surface area (Å²) in [5.41, 5.74) is 3.38. The van der Waals surface area contributed by atoms with Crippen LogP contribution in [0.3, 0.4) is 0 Å². The van der Waals surface area contributed by atoms with E-state index in [0.717, 1.165) is 16.8 Å². The topological polar surface area (TPSA) is 53.3 Å². The van der Waals surface area contributed by atoms with Crippen LogP contribution in [0.5, 0.6) is 11.5 Å². The zero-order chi connectivity index (χ0) is 19.2. The highest BCUT2D eigenvalue weighted by Crippen LogP contribution is 2.29. The van der Waals surface area contributed by atoms with E-state index in [1.807, 2.05) is 62.5 Å². The number of methoxy groups -OCH3 is 1. The van der Waals surface area contributed by atoms with E-state index < -0.39 is 0 Å². The lowest BCUT2D eigenvalue weighted by molar-refractivity contribution is 0.104. The third-order valence-electron chi connectivity index (χ3n) is 4.35. The molecule has 0 N–H and O–H groups in total. The molecule has 1 aromatic heterocycles. The molecule has 3 rings (SSSR count). The summed E-state index contributed by atoms with van der Waals surface area (Å²) in [5, 5.41) is 4.10. The van der Waals surface area contributed by atoms with Crippen LogP contribution in [0.1, 0.15) is 27.2 Å². The minimum absolute atomic E-state index is 0.0797. The average Bonchev–Trinajstić information content (AvgIpc) is 3.04. The molecule has 2 aromatic carbocycles. The van der Waals surface area contributed by atoms with Crippen molar-refractivity contribution in [1.29, 1.82) is 0 Å². The van der Waals surface area contributed by atoms with Crippen molar-refractivity contribution in [2.45, 2.75) is 13.5 Å². The quantitative estimate of drug-likeness (QED) is 0.467. The molecule has 5 nitrogen and oxygen atoms in total. The number of aromatic nitrogens is 2. The van der Waals surface area contributed by atoms with Crippen molar-refractivity contribution >= 4 is 11.9 Å². The van der Waals surface area contributed by atoms with Crippen LogP contribution in [0.15, 0.2) is 60.8 Å². The number of allylic oxidation sites excluding steroid dienone is 1. The number of hydrogen-bond acceptors (Lipinski definition) is 4. The lowest BCUT2D eigenvalue weighted by Gasteiger charge is -2.11. The maximum absolute atomic E-state index is 12.3. The Morgan fingerprint density at radius 2 is 1.93 bits per heavy atom. The molecule has 27 heavy (non-hydrogen) atoms. The van der Waals surface area contributed by atoms with Gasteiger partial charge in [0, 0.05) is 12.7 Å². The molecule has 0 saturated carbocycles. The molecule has 0 aliphatic heterocycles. The number of benzene rings is 2. The van der Waals surface area contributed by atoms with E-state index >= 15 is 0 Å². The Bertz CT molecular complexity index is 959. The van der Waals surface area contributed by atoms with Gasteiger partial charge in [-0.1, -0.05) is 42.5 Å². The Hall–Kier alpha value is -3.34. The Kier molecular flexibility index (Phi) is 5.71. The Morgan fingerprint density at radius 1 is 1.15 bits per heavy atom. The minimum atomic E-state index is -0.0797. The normalized spacial score (nSPS) is 10.9. The average molecular weight is 362 g/mol. The van der Waals surface area contributed by atoms with E-state index in [9.17, 15) is 4.79 Å². The fraction of sp³-hybridized carbons (Fsp3) is 0.182. The first-order valence-corrected chi connectivity index (χ1v) is 8.64. The maximum atomic E-state index is 12.3. The monoisotopic (exact) mass is 362 g/mol. The molecule has 138 valence electrons. The lowest BCUT2D eigenvalue weighted by Crippen LogP contribution is -1.99. The van der Waals surface area contributed by atoms with Gasteiger partial charge in [0.2, 0.25) is 0 Å². The molecule has 0 fully saturated rings. The van der Waals surface area contributed by atoms with Crippen LogP contribution in [0.4, 0.5) is 0 Å². The van der Waals surface area contributed by atoms with Crippen molar-refractivity contribution in [2.24, 2.45) is 7.05 Å². The van der Waals surface area contributed by atoms with Gasteiger partial charge in [0.05, 0.1) is 18.9 Å². The van der Waals surface area contributed by atoms with Crippen molar-refractivity contribution < 1.29 is 14.3 Å². The molecule has 0 bridgehead atoms. The van der Waals surface area contributed by atoms with Gasteiger partial charge in [-0.3, -0.25) is 9.48 Å². The summed E-state index contributed by atoms with van der Waals surface area (Å²) in [5.74, 6) is 1.20. The predicted molar refractivity (Wildman–Crippen MR) is 105 cm³/mol. The Balaban J connectivity index is 1.71. The zero-order valence-corrected chi connectivity index (χ0v) is 15.7. The van der Waals surface area contributed by atoms with E-state index in [-0.39, 0.29) is 5.78 Å². The van der Waals surface area contributed by atoms with Crippen molar-refractivity contribution in [3.8, 4) is 11.5 Å². The third kappa shape index (κ3) is 4.44. The van der Waals surface area contributed by atoms with Crippen LogP contribution in [-0.2, 0) is 13.7 Å². The van der Waals surface area contributed by atoms with Gasteiger partial charge in [0.15, 0.2) is 17.3 Å². The molecule has 0 aliphatic rings. The first-order chi connectivity index (χ1) is 13.1. The molecule has 1 heterocycles. The second-order valence-corrected chi connectivity index (χ2v) is 6.15. The summed E-state index contributed by atoms with van der Waals surface area (Å²) < 4.78 is 13.0. The maximum Gasteiger partial charge on any atom is 0.189 e. The second-order valence-electron chi connectivity index (χ2n) is 6.15.